The van der Waals surface area contributed by atoms with Gasteiger partial charge in [0.05, 0.1) is 18.3 Å². The second kappa shape index (κ2) is 9.43. The van der Waals surface area contributed by atoms with Crippen LogP contribution in [0.2, 0.25) is 0 Å². The maximum absolute atomic E-state index is 10.7. The number of aliphatic hydroxyl groups excluding tert-OH is 2. The number of unbranched alkanes of at least 4 members (excludes halogenated alkanes) is 2. The number of ether oxygens (including phenoxy) is 1. The summed E-state index contributed by atoms with van der Waals surface area (Å²) in [5, 5.41) is 21.0. The lowest BCUT2D eigenvalue weighted by Gasteiger charge is -2.33. The van der Waals surface area contributed by atoms with Gasteiger partial charge in [-0.2, -0.15) is 0 Å². The van der Waals surface area contributed by atoms with Crippen molar-refractivity contribution in [3.8, 4) is 5.75 Å². The van der Waals surface area contributed by atoms with Crippen LogP contribution in [0.25, 0.3) is 0 Å². The van der Waals surface area contributed by atoms with E-state index in [2.05, 4.69) is 39.0 Å². The Morgan fingerprint density at radius 1 is 1.15 bits per heavy atom. The van der Waals surface area contributed by atoms with Crippen LogP contribution in [0.4, 0.5) is 0 Å². The fourth-order valence-electron chi connectivity index (χ4n) is 5.33. The number of aliphatic hydroxyl groups is 2. The standard InChI is InChI=1S/C24H38O3/c1-4-5-6-9-19(25)11-12-20-21-13-17-8-7-10-24(27-16(2)3)22(17)14-18(21)15-23(20)26/h7-8,10,16,18-21,23,25-26H,4-6,9,11-15H2,1-3H3/t18-,19-,20+,21-,23+/m0/s1. The lowest BCUT2D eigenvalue weighted by Crippen LogP contribution is -2.28. The maximum Gasteiger partial charge on any atom is 0.123 e. The van der Waals surface area contributed by atoms with E-state index in [0.717, 1.165) is 50.7 Å². The Hall–Kier alpha value is -1.06. The molecule has 2 aliphatic rings. The topological polar surface area (TPSA) is 49.7 Å². The van der Waals surface area contributed by atoms with E-state index in [0.29, 0.717) is 17.8 Å². The van der Waals surface area contributed by atoms with Crippen molar-refractivity contribution < 1.29 is 14.9 Å². The number of hydrogen-bond donors (Lipinski definition) is 2. The normalized spacial score (nSPS) is 28.1. The quantitative estimate of drug-likeness (QED) is 0.604. The van der Waals surface area contributed by atoms with Crippen molar-refractivity contribution in [1.29, 1.82) is 0 Å². The van der Waals surface area contributed by atoms with Gasteiger partial charge in [-0.1, -0.05) is 38.3 Å². The highest BCUT2D eigenvalue weighted by molar-refractivity contribution is 5.43. The van der Waals surface area contributed by atoms with Crippen molar-refractivity contribution in [2.75, 3.05) is 0 Å². The van der Waals surface area contributed by atoms with Crippen molar-refractivity contribution in [3.63, 3.8) is 0 Å². The van der Waals surface area contributed by atoms with Crippen LogP contribution in [0.5, 0.6) is 5.75 Å². The van der Waals surface area contributed by atoms with E-state index in [4.69, 9.17) is 4.74 Å². The Labute approximate surface area is 165 Å². The van der Waals surface area contributed by atoms with Gasteiger partial charge in [-0.15, -0.1) is 0 Å². The third-order valence-corrected chi connectivity index (χ3v) is 6.68. The molecule has 1 saturated carbocycles. The summed E-state index contributed by atoms with van der Waals surface area (Å²) >= 11 is 0. The molecular formula is C24H38O3. The number of hydrogen-bond acceptors (Lipinski definition) is 3. The van der Waals surface area contributed by atoms with Gasteiger partial charge in [0.15, 0.2) is 0 Å². The minimum Gasteiger partial charge on any atom is -0.491 e. The zero-order chi connectivity index (χ0) is 19.4. The largest absolute Gasteiger partial charge is 0.491 e. The van der Waals surface area contributed by atoms with Crippen molar-refractivity contribution >= 4 is 0 Å². The Balaban J connectivity index is 1.63. The molecule has 0 aliphatic heterocycles. The molecule has 0 aromatic heterocycles. The molecule has 0 bridgehead atoms. The van der Waals surface area contributed by atoms with Crippen LogP contribution >= 0.6 is 0 Å². The molecule has 0 radical (unpaired) electrons. The zero-order valence-corrected chi connectivity index (χ0v) is 17.4. The summed E-state index contributed by atoms with van der Waals surface area (Å²) in [6.07, 6.45) is 8.93. The Bertz CT molecular complexity index is 597. The molecule has 5 atom stereocenters. The first-order valence-electron chi connectivity index (χ1n) is 11.1. The van der Waals surface area contributed by atoms with E-state index in [1.807, 2.05) is 0 Å². The predicted molar refractivity (Wildman–Crippen MR) is 110 cm³/mol. The summed E-state index contributed by atoms with van der Waals surface area (Å²) in [4.78, 5) is 0. The molecule has 152 valence electrons. The number of rotatable bonds is 9. The maximum atomic E-state index is 10.7. The summed E-state index contributed by atoms with van der Waals surface area (Å²) in [5.74, 6) is 2.46. The Morgan fingerprint density at radius 2 is 1.96 bits per heavy atom. The Kier molecular flexibility index (Phi) is 7.22. The second-order valence-electron chi connectivity index (χ2n) is 9.09. The van der Waals surface area contributed by atoms with Crippen LogP contribution in [0.1, 0.15) is 76.8 Å². The lowest BCUT2D eigenvalue weighted by atomic mass is 9.73. The predicted octanol–water partition coefficient (Wildman–Crippen LogP) is 4.91. The monoisotopic (exact) mass is 374 g/mol. The Morgan fingerprint density at radius 3 is 2.70 bits per heavy atom. The highest BCUT2D eigenvalue weighted by Crippen LogP contribution is 2.48. The van der Waals surface area contributed by atoms with Gasteiger partial charge in [0.25, 0.3) is 0 Å². The minimum atomic E-state index is -0.216. The van der Waals surface area contributed by atoms with E-state index in [-0.39, 0.29) is 18.3 Å². The van der Waals surface area contributed by atoms with Crippen LogP contribution in [-0.4, -0.2) is 28.5 Å². The summed E-state index contributed by atoms with van der Waals surface area (Å²) < 4.78 is 6.04. The molecule has 1 fully saturated rings. The van der Waals surface area contributed by atoms with Gasteiger partial charge in [0.2, 0.25) is 0 Å². The molecule has 27 heavy (non-hydrogen) atoms. The molecule has 1 aromatic rings. The molecular weight excluding hydrogens is 336 g/mol. The highest BCUT2D eigenvalue weighted by Gasteiger charge is 2.44. The summed E-state index contributed by atoms with van der Waals surface area (Å²) in [5.41, 5.74) is 2.76. The molecule has 2 aliphatic carbocycles. The molecule has 3 nitrogen and oxygen atoms in total. The van der Waals surface area contributed by atoms with Crippen molar-refractivity contribution in [3.05, 3.63) is 29.3 Å². The van der Waals surface area contributed by atoms with E-state index < -0.39 is 0 Å². The summed E-state index contributed by atoms with van der Waals surface area (Å²) in [7, 11) is 0. The number of benzene rings is 1. The van der Waals surface area contributed by atoms with E-state index in [1.165, 1.54) is 24.0 Å². The van der Waals surface area contributed by atoms with Crippen LogP contribution < -0.4 is 4.74 Å². The van der Waals surface area contributed by atoms with Crippen LogP contribution in [0.3, 0.4) is 0 Å². The zero-order valence-electron chi connectivity index (χ0n) is 17.4. The molecule has 0 spiro atoms. The van der Waals surface area contributed by atoms with Gasteiger partial charge in [-0.25, -0.2) is 0 Å². The molecule has 0 amide bonds. The van der Waals surface area contributed by atoms with E-state index in [9.17, 15) is 10.2 Å². The highest BCUT2D eigenvalue weighted by atomic mass is 16.5. The second-order valence-corrected chi connectivity index (χ2v) is 9.09. The van der Waals surface area contributed by atoms with Crippen LogP contribution in [-0.2, 0) is 12.8 Å². The number of fused-ring (bicyclic) bond motifs is 2. The smallest absolute Gasteiger partial charge is 0.123 e. The van der Waals surface area contributed by atoms with Crippen LogP contribution in [0, 0.1) is 17.8 Å². The molecule has 0 unspecified atom stereocenters. The van der Waals surface area contributed by atoms with Crippen molar-refractivity contribution in [1.82, 2.24) is 0 Å². The molecule has 3 rings (SSSR count). The molecule has 3 heteroatoms. The fourth-order valence-corrected chi connectivity index (χ4v) is 5.33. The van der Waals surface area contributed by atoms with E-state index in [1.54, 1.807) is 0 Å². The molecule has 0 heterocycles. The van der Waals surface area contributed by atoms with Crippen molar-refractivity contribution in [2.45, 2.75) is 96.9 Å². The first-order chi connectivity index (χ1) is 13.0. The average Bonchev–Trinajstić information content (AvgIpc) is 2.92. The van der Waals surface area contributed by atoms with Gasteiger partial charge in [0.1, 0.15) is 5.75 Å². The third kappa shape index (κ3) is 5.06. The molecule has 2 N–H and O–H groups in total. The van der Waals surface area contributed by atoms with Crippen molar-refractivity contribution in [2.24, 2.45) is 17.8 Å². The first-order valence-corrected chi connectivity index (χ1v) is 11.1. The molecule has 1 aromatic carbocycles. The van der Waals surface area contributed by atoms with Gasteiger partial charge < -0.3 is 14.9 Å². The average molecular weight is 375 g/mol. The minimum absolute atomic E-state index is 0.185. The lowest BCUT2D eigenvalue weighted by molar-refractivity contribution is 0.0869. The third-order valence-electron chi connectivity index (χ3n) is 6.68. The first kappa shape index (κ1) is 20.7. The van der Waals surface area contributed by atoms with Gasteiger partial charge in [-0.3, -0.25) is 0 Å². The SMILES string of the molecule is CCCCC[C@H](O)CC[C@@H]1[C@H]2Cc3cccc(OC(C)C)c3C[C@H]2C[C@H]1O. The summed E-state index contributed by atoms with van der Waals surface area (Å²) in [6.45, 7) is 6.35. The molecule has 0 saturated heterocycles. The fraction of sp³-hybridized carbons (Fsp3) is 0.750. The van der Waals surface area contributed by atoms with Gasteiger partial charge in [0, 0.05) is 0 Å². The van der Waals surface area contributed by atoms with Gasteiger partial charge in [-0.05, 0) is 87.3 Å². The van der Waals surface area contributed by atoms with Crippen LogP contribution in [0.15, 0.2) is 18.2 Å². The van der Waals surface area contributed by atoms with E-state index >= 15 is 0 Å². The van der Waals surface area contributed by atoms with Gasteiger partial charge >= 0.3 is 0 Å². The summed E-state index contributed by atoms with van der Waals surface area (Å²) in [6, 6.07) is 6.43.